The highest BCUT2D eigenvalue weighted by Crippen LogP contribution is 2.20. The van der Waals surface area contributed by atoms with E-state index in [0.717, 1.165) is 0 Å². The topological polar surface area (TPSA) is 61.4 Å². The lowest BCUT2D eigenvalue weighted by molar-refractivity contribution is -0.123. The fourth-order valence-corrected chi connectivity index (χ4v) is 2.53. The van der Waals surface area contributed by atoms with Gasteiger partial charge in [-0.05, 0) is 38.1 Å². The first-order valence-corrected chi connectivity index (χ1v) is 7.32. The van der Waals surface area contributed by atoms with Crippen molar-refractivity contribution >= 4 is 29.1 Å². The molecule has 0 spiro atoms. The Bertz CT molecular complexity index is 528. The molecule has 2 N–H and O–H groups in total. The highest BCUT2D eigenvalue weighted by molar-refractivity contribution is 6.30. The average molecular weight is 310 g/mol. The predicted octanol–water partition coefficient (Wildman–Crippen LogP) is 1.88. The summed E-state index contributed by atoms with van der Waals surface area (Å²) in [5, 5.41) is 6.30. The molecule has 2 amide bonds. The standard InChI is InChI=1S/C15H20ClN3O2/c1-15(2)9-13(20)17-7-8-19(15)10-14(21)18-12-5-3-11(16)4-6-12/h3-6H,7-10H2,1-2H3,(H,17,20)(H,18,21). The molecular formula is C15H20ClN3O2. The normalized spacial score (nSPS) is 18.7. The number of nitrogens with one attached hydrogen (secondary N) is 2. The van der Waals surface area contributed by atoms with Crippen molar-refractivity contribution < 1.29 is 9.59 Å². The maximum absolute atomic E-state index is 12.2. The molecule has 1 aliphatic rings. The van der Waals surface area contributed by atoms with Crippen LogP contribution < -0.4 is 10.6 Å². The molecule has 0 atom stereocenters. The number of rotatable bonds is 3. The molecule has 2 rings (SSSR count). The largest absolute Gasteiger partial charge is 0.355 e. The number of amides is 2. The molecule has 0 bridgehead atoms. The van der Waals surface area contributed by atoms with Gasteiger partial charge in [0.05, 0.1) is 6.54 Å². The number of benzene rings is 1. The van der Waals surface area contributed by atoms with Crippen molar-refractivity contribution in [2.45, 2.75) is 25.8 Å². The maximum Gasteiger partial charge on any atom is 0.238 e. The van der Waals surface area contributed by atoms with Gasteiger partial charge in [0.25, 0.3) is 0 Å². The molecule has 21 heavy (non-hydrogen) atoms. The molecule has 6 heteroatoms. The first-order chi connectivity index (χ1) is 9.87. The molecule has 0 unspecified atom stereocenters. The van der Waals surface area contributed by atoms with Crippen molar-refractivity contribution in [2.24, 2.45) is 0 Å². The molecule has 0 saturated carbocycles. The van der Waals surface area contributed by atoms with Gasteiger partial charge in [-0.25, -0.2) is 0 Å². The summed E-state index contributed by atoms with van der Waals surface area (Å²) < 4.78 is 0. The van der Waals surface area contributed by atoms with Crippen LogP contribution in [-0.2, 0) is 9.59 Å². The van der Waals surface area contributed by atoms with E-state index in [1.165, 1.54) is 0 Å². The molecule has 1 aromatic carbocycles. The lowest BCUT2D eigenvalue weighted by Crippen LogP contribution is -2.48. The van der Waals surface area contributed by atoms with Gasteiger partial charge in [0.1, 0.15) is 0 Å². The minimum Gasteiger partial charge on any atom is -0.355 e. The lowest BCUT2D eigenvalue weighted by Gasteiger charge is -2.35. The third-order valence-electron chi connectivity index (χ3n) is 3.62. The highest BCUT2D eigenvalue weighted by atomic mass is 35.5. The van der Waals surface area contributed by atoms with Crippen molar-refractivity contribution in [3.63, 3.8) is 0 Å². The van der Waals surface area contributed by atoms with Crippen molar-refractivity contribution in [2.75, 3.05) is 25.0 Å². The molecule has 1 aliphatic heterocycles. The quantitative estimate of drug-likeness (QED) is 0.896. The second kappa shape index (κ2) is 6.45. The average Bonchev–Trinajstić information content (AvgIpc) is 2.51. The minimum atomic E-state index is -0.335. The second-order valence-corrected chi connectivity index (χ2v) is 6.25. The summed E-state index contributed by atoms with van der Waals surface area (Å²) in [6.45, 7) is 5.44. The van der Waals surface area contributed by atoms with Crippen LogP contribution in [0.25, 0.3) is 0 Å². The van der Waals surface area contributed by atoms with E-state index in [0.29, 0.717) is 30.2 Å². The van der Waals surface area contributed by atoms with Gasteiger partial charge in [-0.1, -0.05) is 11.6 Å². The Morgan fingerprint density at radius 3 is 2.71 bits per heavy atom. The SMILES string of the molecule is CC1(C)CC(=O)NCCN1CC(=O)Nc1ccc(Cl)cc1. The summed E-state index contributed by atoms with van der Waals surface area (Å²) in [7, 11) is 0. The van der Waals surface area contributed by atoms with Crippen LogP contribution in [0, 0.1) is 0 Å². The van der Waals surface area contributed by atoms with Crippen LogP contribution >= 0.6 is 11.6 Å². The number of anilines is 1. The molecule has 0 radical (unpaired) electrons. The number of carbonyl (C=O) groups excluding carboxylic acids is 2. The third kappa shape index (κ3) is 4.44. The van der Waals surface area contributed by atoms with Gasteiger partial charge >= 0.3 is 0 Å². The van der Waals surface area contributed by atoms with Gasteiger partial charge in [0.15, 0.2) is 0 Å². The smallest absolute Gasteiger partial charge is 0.238 e. The Balaban J connectivity index is 1.97. The lowest BCUT2D eigenvalue weighted by atomic mass is 9.98. The van der Waals surface area contributed by atoms with Crippen molar-refractivity contribution in [1.29, 1.82) is 0 Å². The zero-order valence-corrected chi connectivity index (χ0v) is 13.0. The van der Waals surface area contributed by atoms with E-state index in [1.54, 1.807) is 24.3 Å². The fourth-order valence-electron chi connectivity index (χ4n) is 2.40. The predicted molar refractivity (Wildman–Crippen MR) is 83.4 cm³/mol. The zero-order valence-electron chi connectivity index (χ0n) is 12.3. The van der Waals surface area contributed by atoms with Crippen LogP contribution in [0.3, 0.4) is 0 Å². The molecule has 0 aromatic heterocycles. The van der Waals surface area contributed by atoms with Crippen LogP contribution in [-0.4, -0.2) is 41.9 Å². The van der Waals surface area contributed by atoms with Gasteiger partial charge in [-0.2, -0.15) is 0 Å². The van der Waals surface area contributed by atoms with Crippen LogP contribution in [0.5, 0.6) is 0 Å². The summed E-state index contributed by atoms with van der Waals surface area (Å²) in [5.41, 5.74) is 0.379. The summed E-state index contributed by atoms with van der Waals surface area (Å²) >= 11 is 5.81. The number of halogens is 1. The summed E-state index contributed by atoms with van der Waals surface area (Å²) in [4.78, 5) is 25.8. The van der Waals surface area contributed by atoms with Gasteiger partial charge in [0.2, 0.25) is 11.8 Å². The Morgan fingerprint density at radius 1 is 1.38 bits per heavy atom. The first kappa shape index (κ1) is 15.8. The Morgan fingerprint density at radius 2 is 2.05 bits per heavy atom. The van der Waals surface area contributed by atoms with Gasteiger partial charge in [-0.3, -0.25) is 14.5 Å². The maximum atomic E-state index is 12.2. The summed E-state index contributed by atoms with van der Waals surface area (Å²) in [6.07, 6.45) is 0.390. The Labute approximate surface area is 129 Å². The first-order valence-electron chi connectivity index (χ1n) is 6.94. The van der Waals surface area contributed by atoms with Gasteiger partial charge in [0, 0.05) is 35.8 Å². The van der Waals surface area contributed by atoms with E-state index >= 15 is 0 Å². The molecule has 1 aromatic rings. The Hall–Kier alpha value is -1.59. The van der Waals surface area contributed by atoms with Crippen LogP contribution in [0.1, 0.15) is 20.3 Å². The van der Waals surface area contributed by atoms with Crippen molar-refractivity contribution in [1.82, 2.24) is 10.2 Å². The van der Waals surface area contributed by atoms with Crippen LogP contribution in [0.4, 0.5) is 5.69 Å². The van der Waals surface area contributed by atoms with Gasteiger partial charge < -0.3 is 10.6 Å². The number of nitrogens with zero attached hydrogens (tertiary/aromatic N) is 1. The van der Waals surface area contributed by atoms with Gasteiger partial charge in [-0.15, -0.1) is 0 Å². The number of hydrogen-bond acceptors (Lipinski definition) is 3. The fraction of sp³-hybridized carbons (Fsp3) is 0.467. The molecular weight excluding hydrogens is 290 g/mol. The van der Waals surface area contributed by atoms with Crippen LogP contribution in [0.15, 0.2) is 24.3 Å². The number of hydrogen-bond donors (Lipinski definition) is 2. The van der Waals surface area contributed by atoms with E-state index in [4.69, 9.17) is 11.6 Å². The van der Waals surface area contributed by atoms with E-state index in [1.807, 2.05) is 18.7 Å². The molecule has 1 heterocycles. The molecule has 0 aliphatic carbocycles. The summed E-state index contributed by atoms with van der Waals surface area (Å²) in [6, 6.07) is 6.99. The second-order valence-electron chi connectivity index (χ2n) is 5.82. The molecule has 5 nitrogen and oxygen atoms in total. The zero-order chi connectivity index (χ0) is 15.5. The molecule has 1 saturated heterocycles. The van der Waals surface area contributed by atoms with E-state index in [2.05, 4.69) is 10.6 Å². The third-order valence-corrected chi connectivity index (χ3v) is 3.87. The minimum absolute atomic E-state index is 0.0283. The molecule has 1 fully saturated rings. The summed E-state index contributed by atoms with van der Waals surface area (Å²) in [5.74, 6) is -0.0691. The van der Waals surface area contributed by atoms with Crippen molar-refractivity contribution in [3.8, 4) is 0 Å². The molecule has 114 valence electrons. The van der Waals surface area contributed by atoms with E-state index in [9.17, 15) is 9.59 Å². The van der Waals surface area contributed by atoms with Crippen LogP contribution in [0.2, 0.25) is 5.02 Å². The van der Waals surface area contributed by atoms with E-state index < -0.39 is 0 Å². The Kier molecular flexibility index (Phi) is 4.85. The highest BCUT2D eigenvalue weighted by Gasteiger charge is 2.32. The number of carbonyl (C=O) groups is 2. The monoisotopic (exact) mass is 309 g/mol. The van der Waals surface area contributed by atoms with Crippen molar-refractivity contribution in [3.05, 3.63) is 29.3 Å². The van der Waals surface area contributed by atoms with E-state index in [-0.39, 0.29) is 23.9 Å².